The van der Waals surface area contributed by atoms with Gasteiger partial charge in [-0.15, -0.1) is 0 Å². The molecule has 0 amide bonds. The summed E-state index contributed by atoms with van der Waals surface area (Å²) >= 11 is 0. The number of nitrogens with zero attached hydrogens (tertiary/aromatic N) is 1. The highest BCUT2D eigenvalue weighted by Gasteiger charge is 1.93. The van der Waals surface area contributed by atoms with Crippen LogP contribution in [-0.4, -0.2) is 4.98 Å². The topological polar surface area (TPSA) is 117 Å². The maximum absolute atomic E-state index is 4.25. The van der Waals surface area contributed by atoms with Crippen LogP contribution in [0.2, 0.25) is 0 Å². The first-order chi connectivity index (χ1) is 7.97. The van der Waals surface area contributed by atoms with Gasteiger partial charge in [0.15, 0.2) is 0 Å². The highest BCUT2D eigenvalue weighted by atomic mass is 15.0. The van der Waals surface area contributed by atoms with Gasteiger partial charge in [-0.2, -0.15) is 0 Å². The molecule has 0 radical (unpaired) electrons. The Kier molecular flexibility index (Phi) is 8.66. The van der Waals surface area contributed by atoms with Gasteiger partial charge in [0.2, 0.25) is 0 Å². The molecule has 0 bridgehead atoms. The average Bonchev–Trinajstić information content (AvgIpc) is 2.45. The van der Waals surface area contributed by atoms with Crippen molar-refractivity contribution in [3.63, 3.8) is 0 Å². The van der Waals surface area contributed by atoms with Crippen LogP contribution in [0.25, 0.3) is 11.3 Å². The molecular formula is C11H17N5. The number of hydrogen-bond donors (Lipinski definition) is 4. The van der Waals surface area contributed by atoms with E-state index in [1.807, 2.05) is 42.6 Å². The predicted octanol–water partition coefficient (Wildman–Crippen LogP) is 0.386. The van der Waals surface area contributed by atoms with E-state index in [0.29, 0.717) is 0 Å². The van der Waals surface area contributed by atoms with Crippen LogP contribution < -0.4 is 23.4 Å². The third kappa shape index (κ3) is 4.63. The van der Waals surface area contributed by atoms with Crippen molar-refractivity contribution in [3.8, 4) is 11.3 Å². The molecular weight excluding hydrogens is 202 g/mol. The van der Waals surface area contributed by atoms with Gasteiger partial charge in [0.1, 0.15) is 0 Å². The number of pyridine rings is 1. The molecule has 0 saturated heterocycles. The van der Waals surface area contributed by atoms with Gasteiger partial charge in [-0.05, 0) is 12.1 Å². The normalized spacial score (nSPS) is 8.00. The van der Waals surface area contributed by atoms with Crippen molar-refractivity contribution >= 4 is 0 Å². The van der Waals surface area contributed by atoms with E-state index in [2.05, 4.69) is 40.5 Å². The van der Waals surface area contributed by atoms with Crippen molar-refractivity contribution in [2.24, 2.45) is 23.4 Å². The van der Waals surface area contributed by atoms with Crippen LogP contribution in [0.1, 0.15) is 0 Å². The fourth-order valence-electron chi connectivity index (χ4n) is 1.14. The third-order valence-electron chi connectivity index (χ3n) is 1.73. The van der Waals surface area contributed by atoms with Crippen molar-refractivity contribution in [2.45, 2.75) is 0 Å². The molecule has 16 heavy (non-hydrogen) atoms. The van der Waals surface area contributed by atoms with E-state index in [9.17, 15) is 0 Å². The molecule has 2 aromatic rings. The number of nitrogens with two attached hydrogens (primary N) is 4. The molecule has 0 aliphatic rings. The Morgan fingerprint density at radius 1 is 0.688 bits per heavy atom. The lowest BCUT2D eigenvalue weighted by Crippen LogP contribution is -2.02. The van der Waals surface area contributed by atoms with E-state index in [1.165, 1.54) is 0 Å². The summed E-state index contributed by atoms with van der Waals surface area (Å²) < 4.78 is 0. The second-order valence-corrected chi connectivity index (χ2v) is 2.58. The van der Waals surface area contributed by atoms with Crippen LogP contribution in [0.4, 0.5) is 0 Å². The molecule has 0 spiro atoms. The van der Waals surface area contributed by atoms with Crippen molar-refractivity contribution in [1.29, 1.82) is 0 Å². The van der Waals surface area contributed by atoms with E-state index < -0.39 is 0 Å². The first kappa shape index (κ1) is 14.2. The summed E-state index contributed by atoms with van der Waals surface area (Å²) in [4.78, 5) is 4.25. The molecule has 1 aromatic heterocycles. The number of hydrogen-bond acceptors (Lipinski definition) is 5. The van der Waals surface area contributed by atoms with Crippen molar-refractivity contribution in [2.75, 3.05) is 0 Å². The second kappa shape index (κ2) is 9.75. The summed E-state index contributed by atoms with van der Waals surface area (Å²) in [6, 6.07) is 16.1. The smallest absolute Gasteiger partial charge is 0.0701 e. The average molecular weight is 219 g/mol. The summed E-state index contributed by atoms with van der Waals surface area (Å²) in [6.45, 7) is 0. The monoisotopic (exact) mass is 219 g/mol. The second-order valence-electron chi connectivity index (χ2n) is 2.58. The minimum Gasteiger partial charge on any atom is -0.274 e. The zero-order valence-corrected chi connectivity index (χ0v) is 8.95. The Hall–Kier alpha value is -1.79. The zero-order chi connectivity index (χ0) is 12.2. The van der Waals surface area contributed by atoms with Gasteiger partial charge in [-0.3, -0.25) is 28.4 Å². The molecule has 1 aromatic carbocycles. The van der Waals surface area contributed by atoms with Gasteiger partial charge in [0.25, 0.3) is 0 Å². The maximum Gasteiger partial charge on any atom is 0.0701 e. The van der Waals surface area contributed by atoms with Gasteiger partial charge in [-0.1, -0.05) is 36.4 Å². The van der Waals surface area contributed by atoms with E-state index in [0.717, 1.165) is 11.3 Å². The summed E-state index contributed by atoms with van der Waals surface area (Å²) in [5, 5.41) is 0. The lowest BCUT2D eigenvalue weighted by atomic mass is 10.1. The molecule has 0 fully saturated rings. The minimum atomic E-state index is 1.03. The van der Waals surface area contributed by atoms with Gasteiger partial charge in [0.05, 0.1) is 5.69 Å². The molecule has 1 heterocycles. The van der Waals surface area contributed by atoms with Crippen LogP contribution in [0.3, 0.4) is 0 Å². The molecule has 0 atom stereocenters. The standard InChI is InChI=1S/C11H9N.2H4N2/c1-2-6-10(7-3-1)11-8-4-5-9-12-11;2*1-2/h1-9H;2*1-2H2. The quantitative estimate of drug-likeness (QED) is 0.409. The molecule has 0 aliphatic heterocycles. The molecule has 0 aliphatic carbocycles. The van der Waals surface area contributed by atoms with Crippen LogP contribution in [0, 0.1) is 0 Å². The van der Waals surface area contributed by atoms with Crippen LogP contribution in [0.15, 0.2) is 54.7 Å². The Labute approximate surface area is 95.0 Å². The largest absolute Gasteiger partial charge is 0.274 e. The molecule has 5 nitrogen and oxygen atoms in total. The summed E-state index contributed by atoms with van der Waals surface area (Å²) in [6.07, 6.45) is 1.81. The summed E-state index contributed by atoms with van der Waals surface area (Å²) in [7, 11) is 0. The van der Waals surface area contributed by atoms with E-state index >= 15 is 0 Å². The highest BCUT2D eigenvalue weighted by Crippen LogP contribution is 2.14. The first-order valence-electron chi connectivity index (χ1n) is 4.60. The molecule has 86 valence electrons. The van der Waals surface area contributed by atoms with E-state index in [-0.39, 0.29) is 0 Å². The molecule has 5 heteroatoms. The Morgan fingerprint density at radius 3 is 1.75 bits per heavy atom. The van der Waals surface area contributed by atoms with Gasteiger partial charge < -0.3 is 0 Å². The minimum absolute atomic E-state index is 1.03. The van der Waals surface area contributed by atoms with E-state index in [1.54, 1.807) is 0 Å². The molecule has 0 saturated carbocycles. The molecule has 2 rings (SSSR count). The van der Waals surface area contributed by atoms with E-state index in [4.69, 9.17) is 0 Å². The van der Waals surface area contributed by atoms with Gasteiger partial charge >= 0.3 is 0 Å². The number of benzene rings is 1. The Balaban J connectivity index is 0.000000509. The highest BCUT2D eigenvalue weighted by molar-refractivity contribution is 5.58. The Bertz CT molecular complexity index is 312. The molecule has 8 N–H and O–H groups in total. The van der Waals surface area contributed by atoms with Crippen molar-refractivity contribution in [1.82, 2.24) is 4.98 Å². The van der Waals surface area contributed by atoms with Crippen LogP contribution >= 0.6 is 0 Å². The summed E-state index contributed by atoms with van der Waals surface area (Å²) in [5.41, 5.74) is 2.19. The lowest BCUT2D eigenvalue weighted by Gasteiger charge is -1.97. The SMILES string of the molecule is NN.NN.c1ccc(-c2ccccn2)cc1. The summed E-state index contributed by atoms with van der Waals surface area (Å²) in [5.74, 6) is 16.0. The van der Waals surface area contributed by atoms with Crippen molar-refractivity contribution in [3.05, 3.63) is 54.7 Å². The van der Waals surface area contributed by atoms with Gasteiger partial charge in [-0.25, -0.2) is 0 Å². The Morgan fingerprint density at radius 2 is 1.25 bits per heavy atom. The number of rotatable bonds is 1. The fraction of sp³-hybridized carbons (Fsp3) is 0. The number of aromatic nitrogens is 1. The number of hydrazine groups is 2. The van der Waals surface area contributed by atoms with Crippen LogP contribution in [-0.2, 0) is 0 Å². The molecule has 0 unspecified atom stereocenters. The maximum atomic E-state index is 4.25. The predicted molar refractivity (Wildman–Crippen MR) is 66.4 cm³/mol. The fourth-order valence-corrected chi connectivity index (χ4v) is 1.14. The third-order valence-corrected chi connectivity index (χ3v) is 1.73. The van der Waals surface area contributed by atoms with Crippen molar-refractivity contribution < 1.29 is 0 Å². The van der Waals surface area contributed by atoms with Crippen LogP contribution in [0.5, 0.6) is 0 Å². The zero-order valence-electron chi connectivity index (χ0n) is 8.95. The van der Waals surface area contributed by atoms with Gasteiger partial charge in [0, 0.05) is 11.8 Å². The first-order valence-corrected chi connectivity index (χ1v) is 4.60. The lowest BCUT2D eigenvalue weighted by molar-refractivity contribution is 1.26.